The van der Waals surface area contributed by atoms with Gasteiger partial charge in [-0.25, -0.2) is 0 Å². The van der Waals surface area contributed by atoms with E-state index in [2.05, 4.69) is 54.4 Å². The number of rotatable bonds is 2. The molecule has 1 aliphatic rings. The molecule has 2 atom stereocenters. The zero-order valence-electron chi connectivity index (χ0n) is 11.2. The molecule has 1 heterocycles. The number of hydrogen-bond acceptors (Lipinski definition) is 3. The molecule has 3 nitrogen and oxygen atoms in total. The predicted octanol–water partition coefficient (Wildman–Crippen LogP) is 2.47. The van der Waals surface area contributed by atoms with Gasteiger partial charge in [-0.15, -0.1) is 0 Å². The second-order valence-electron chi connectivity index (χ2n) is 5.10. The average Bonchev–Trinajstić information content (AvgIpc) is 2.53. The van der Waals surface area contributed by atoms with Crippen molar-refractivity contribution in [3.8, 4) is 6.07 Å². The van der Waals surface area contributed by atoms with Crippen molar-refractivity contribution in [2.24, 2.45) is 0 Å². The molecule has 3 heteroatoms. The van der Waals surface area contributed by atoms with E-state index in [0.29, 0.717) is 12.5 Å². The molecule has 0 bridgehead atoms. The van der Waals surface area contributed by atoms with Gasteiger partial charge in [0.1, 0.15) is 0 Å². The zero-order valence-corrected chi connectivity index (χ0v) is 11.2. The number of hydrogen-bond donors (Lipinski definition) is 1. The number of nitriles is 1. The van der Waals surface area contributed by atoms with Crippen molar-refractivity contribution in [3.63, 3.8) is 0 Å². The Morgan fingerprint density at radius 3 is 2.78 bits per heavy atom. The van der Waals surface area contributed by atoms with Gasteiger partial charge in [-0.1, -0.05) is 17.7 Å². The third kappa shape index (κ3) is 2.83. The van der Waals surface area contributed by atoms with E-state index in [4.69, 9.17) is 5.26 Å². The molecule has 1 fully saturated rings. The third-order valence-electron chi connectivity index (χ3n) is 3.65. The van der Waals surface area contributed by atoms with Gasteiger partial charge in [0, 0.05) is 18.3 Å². The minimum atomic E-state index is 0.273. The van der Waals surface area contributed by atoms with E-state index in [1.807, 2.05) is 0 Å². The first-order valence-corrected chi connectivity index (χ1v) is 6.65. The minimum absolute atomic E-state index is 0.273. The summed E-state index contributed by atoms with van der Waals surface area (Å²) < 4.78 is 0. The molecule has 1 saturated heterocycles. The third-order valence-corrected chi connectivity index (χ3v) is 3.65. The van der Waals surface area contributed by atoms with E-state index >= 15 is 0 Å². The number of anilines is 1. The Bertz CT molecular complexity index is 418. The smallest absolute Gasteiger partial charge is 0.0643 e. The first-order valence-electron chi connectivity index (χ1n) is 6.65. The number of benzene rings is 1. The molecule has 96 valence electrons. The lowest BCUT2D eigenvalue weighted by Gasteiger charge is -2.35. The lowest BCUT2D eigenvalue weighted by atomic mass is 10.1. The van der Waals surface area contributed by atoms with Crippen molar-refractivity contribution >= 4 is 5.69 Å². The maximum atomic E-state index is 9.00. The highest BCUT2D eigenvalue weighted by Gasteiger charge is 2.25. The van der Waals surface area contributed by atoms with E-state index in [1.165, 1.54) is 11.3 Å². The molecule has 1 aliphatic heterocycles. The van der Waals surface area contributed by atoms with Crippen molar-refractivity contribution in [3.05, 3.63) is 29.8 Å². The summed E-state index contributed by atoms with van der Waals surface area (Å²) in [6.07, 6.45) is 1.70. The molecule has 2 unspecified atom stereocenters. The van der Waals surface area contributed by atoms with Crippen molar-refractivity contribution < 1.29 is 0 Å². The van der Waals surface area contributed by atoms with Crippen LogP contribution in [0.2, 0.25) is 0 Å². The first-order chi connectivity index (χ1) is 8.72. The SMILES string of the molecule is Cc1ccc(N2C(C)CCNCC2CC#N)cc1. The molecule has 1 N–H and O–H groups in total. The van der Waals surface area contributed by atoms with Gasteiger partial charge < -0.3 is 10.2 Å². The van der Waals surface area contributed by atoms with Gasteiger partial charge in [0.25, 0.3) is 0 Å². The summed E-state index contributed by atoms with van der Waals surface area (Å²) in [4.78, 5) is 2.41. The Hall–Kier alpha value is -1.53. The summed E-state index contributed by atoms with van der Waals surface area (Å²) in [5, 5.41) is 12.4. The zero-order chi connectivity index (χ0) is 13.0. The summed E-state index contributed by atoms with van der Waals surface area (Å²) >= 11 is 0. The largest absolute Gasteiger partial charge is 0.363 e. The van der Waals surface area contributed by atoms with Gasteiger partial charge in [-0.2, -0.15) is 5.26 Å². The second kappa shape index (κ2) is 5.88. The lowest BCUT2D eigenvalue weighted by molar-refractivity contribution is 0.551. The predicted molar refractivity (Wildman–Crippen MR) is 74.6 cm³/mol. The fourth-order valence-corrected chi connectivity index (χ4v) is 2.64. The summed E-state index contributed by atoms with van der Waals surface area (Å²) in [5.74, 6) is 0. The molecule has 0 spiro atoms. The Morgan fingerprint density at radius 2 is 2.11 bits per heavy atom. The monoisotopic (exact) mass is 243 g/mol. The fraction of sp³-hybridized carbons (Fsp3) is 0.533. The van der Waals surface area contributed by atoms with Gasteiger partial charge >= 0.3 is 0 Å². The summed E-state index contributed by atoms with van der Waals surface area (Å²) in [6, 6.07) is 11.7. The summed E-state index contributed by atoms with van der Waals surface area (Å²) in [6.45, 7) is 6.28. The first kappa shape index (κ1) is 12.9. The standard InChI is InChI=1S/C15H21N3/c1-12-3-5-14(6-4-12)18-13(2)8-10-17-11-15(18)7-9-16/h3-6,13,15,17H,7-8,10-11H2,1-2H3. The van der Waals surface area contributed by atoms with Crippen LogP contribution in [0.25, 0.3) is 0 Å². The minimum Gasteiger partial charge on any atom is -0.363 e. The van der Waals surface area contributed by atoms with Crippen molar-refractivity contribution in [2.45, 2.75) is 38.8 Å². The highest BCUT2D eigenvalue weighted by Crippen LogP contribution is 2.24. The Balaban J connectivity index is 2.28. The van der Waals surface area contributed by atoms with Crippen LogP contribution >= 0.6 is 0 Å². The van der Waals surface area contributed by atoms with Crippen LogP contribution in [-0.4, -0.2) is 25.2 Å². The van der Waals surface area contributed by atoms with E-state index in [-0.39, 0.29) is 6.04 Å². The van der Waals surface area contributed by atoms with E-state index in [0.717, 1.165) is 19.5 Å². The van der Waals surface area contributed by atoms with Crippen LogP contribution in [-0.2, 0) is 0 Å². The maximum Gasteiger partial charge on any atom is 0.0643 e. The topological polar surface area (TPSA) is 39.1 Å². The van der Waals surface area contributed by atoms with Crippen molar-refractivity contribution in [2.75, 3.05) is 18.0 Å². The molecule has 1 aromatic rings. The van der Waals surface area contributed by atoms with Crippen LogP contribution in [0.15, 0.2) is 24.3 Å². The Morgan fingerprint density at radius 1 is 1.39 bits per heavy atom. The summed E-state index contributed by atoms with van der Waals surface area (Å²) in [7, 11) is 0. The molecular weight excluding hydrogens is 222 g/mol. The molecule has 0 radical (unpaired) electrons. The fourth-order valence-electron chi connectivity index (χ4n) is 2.64. The van der Waals surface area contributed by atoms with Crippen LogP contribution < -0.4 is 10.2 Å². The average molecular weight is 243 g/mol. The van der Waals surface area contributed by atoms with Crippen LogP contribution in [0, 0.1) is 18.3 Å². The van der Waals surface area contributed by atoms with Crippen molar-refractivity contribution in [1.82, 2.24) is 5.32 Å². The lowest BCUT2D eigenvalue weighted by Crippen LogP contribution is -2.43. The highest BCUT2D eigenvalue weighted by atomic mass is 15.2. The van der Waals surface area contributed by atoms with Crippen LogP contribution in [0.1, 0.15) is 25.3 Å². The second-order valence-corrected chi connectivity index (χ2v) is 5.10. The molecule has 2 rings (SSSR count). The molecular formula is C15H21N3. The van der Waals surface area contributed by atoms with E-state index in [9.17, 15) is 0 Å². The van der Waals surface area contributed by atoms with Gasteiger partial charge in [0.15, 0.2) is 0 Å². The van der Waals surface area contributed by atoms with Gasteiger partial charge in [0.2, 0.25) is 0 Å². The normalized spacial score (nSPS) is 24.4. The molecule has 0 saturated carbocycles. The van der Waals surface area contributed by atoms with E-state index in [1.54, 1.807) is 0 Å². The Kier molecular flexibility index (Phi) is 4.22. The van der Waals surface area contributed by atoms with Crippen LogP contribution in [0.5, 0.6) is 0 Å². The maximum absolute atomic E-state index is 9.00. The molecule has 0 aliphatic carbocycles. The molecule has 18 heavy (non-hydrogen) atoms. The number of nitrogens with zero attached hydrogens (tertiary/aromatic N) is 2. The van der Waals surface area contributed by atoms with E-state index < -0.39 is 0 Å². The molecule has 1 aromatic carbocycles. The van der Waals surface area contributed by atoms with Crippen LogP contribution in [0.4, 0.5) is 5.69 Å². The molecule has 0 aromatic heterocycles. The van der Waals surface area contributed by atoms with Crippen LogP contribution in [0.3, 0.4) is 0 Å². The van der Waals surface area contributed by atoms with Gasteiger partial charge in [-0.05, 0) is 38.9 Å². The highest BCUT2D eigenvalue weighted by molar-refractivity contribution is 5.50. The van der Waals surface area contributed by atoms with Gasteiger partial charge in [0.05, 0.1) is 18.5 Å². The molecule has 0 amide bonds. The Labute approximate surface area is 109 Å². The van der Waals surface area contributed by atoms with Crippen molar-refractivity contribution in [1.29, 1.82) is 5.26 Å². The summed E-state index contributed by atoms with van der Waals surface area (Å²) in [5.41, 5.74) is 2.51. The number of nitrogens with one attached hydrogen (secondary N) is 1. The van der Waals surface area contributed by atoms with Gasteiger partial charge in [-0.3, -0.25) is 0 Å². The quantitative estimate of drug-likeness (QED) is 0.867. The number of aryl methyl sites for hydroxylation is 1.